The normalized spacial score (nSPS) is 12.2. The molecule has 0 saturated carbocycles. The molecule has 0 heterocycles. The quantitative estimate of drug-likeness (QED) is 0.443. The third kappa shape index (κ3) is 6.46. The summed E-state index contributed by atoms with van der Waals surface area (Å²) in [6.07, 6.45) is 0.136. The van der Waals surface area contributed by atoms with Crippen molar-refractivity contribution in [2.45, 2.75) is 24.3 Å². The van der Waals surface area contributed by atoms with Crippen LogP contribution < -0.4 is 14.8 Å². The lowest BCUT2D eigenvalue weighted by Gasteiger charge is -2.20. The van der Waals surface area contributed by atoms with E-state index in [1.54, 1.807) is 37.3 Å². The van der Waals surface area contributed by atoms with E-state index in [-0.39, 0.29) is 28.7 Å². The summed E-state index contributed by atoms with van der Waals surface area (Å²) in [6, 6.07) is 19.0. The number of ether oxygens (including phenoxy) is 1. The summed E-state index contributed by atoms with van der Waals surface area (Å²) in [5.41, 5.74) is 1.25. The molecule has 1 amide bonds. The van der Waals surface area contributed by atoms with Crippen molar-refractivity contribution in [1.29, 1.82) is 0 Å². The molecule has 0 saturated heterocycles. The Morgan fingerprint density at radius 2 is 1.69 bits per heavy atom. The number of rotatable bonds is 9. The van der Waals surface area contributed by atoms with Gasteiger partial charge in [0.05, 0.1) is 6.61 Å². The smallest absolute Gasteiger partial charge is 0.245 e. The molecule has 6 nitrogen and oxygen atoms in total. The zero-order valence-electron chi connectivity index (χ0n) is 17.2. The monoisotopic (exact) mass is 492 g/mol. The van der Waals surface area contributed by atoms with E-state index in [4.69, 9.17) is 27.9 Å². The molecule has 3 aromatic rings. The van der Waals surface area contributed by atoms with Crippen molar-refractivity contribution >= 4 is 44.8 Å². The van der Waals surface area contributed by atoms with Crippen LogP contribution in [0.15, 0.2) is 77.7 Å². The average molecular weight is 493 g/mol. The molecular weight excluding hydrogens is 471 g/mol. The summed E-state index contributed by atoms with van der Waals surface area (Å²) in [6.45, 7) is 2.02. The van der Waals surface area contributed by atoms with Gasteiger partial charge in [0.15, 0.2) is 0 Å². The zero-order chi connectivity index (χ0) is 23.1. The number of amides is 1. The lowest BCUT2D eigenvalue weighted by atomic mass is 10.1. The number of carbonyl (C=O) groups is 1. The van der Waals surface area contributed by atoms with Gasteiger partial charge in [0.1, 0.15) is 16.7 Å². The van der Waals surface area contributed by atoms with E-state index in [0.29, 0.717) is 10.7 Å². The SMILES string of the molecule is CCOc1ccc(Cl)cc1S(=O)(=O)NC(Cc1ccccc1)C(=O)Nc1cccc(Cl)c1. The van der Waals surface area contributed by atoms with E-state index in [9.17, 15) is 13.2 Å². The molecule has 1 unspecified atom stereocenters. The van der Waals surface area contributed by atoms with Crippen LogP contribution in [0.2, 0.25) is 10.0 Å². The molecule has 0 aliphatic heterocycles. The topological polar surface area (TPSA) is 84.5 Å². The van der Waals surface area contributed by atoms with E-state index in [1.165, 1.54) is 12.1 Å². The molecule has 0 spiro atoms. The molecule has 3 aromatic carbocycles. The number of halogens is 2. The highest BCUT2D eigenvalue weighted by Crippen LogP contribution is 2.28. The molecule has 3 rings (SSSR count). The number of nitrogens with one attached hydrogen (secondary N) is 2. The lowest BCUT2D eigenvalue weighted by Crippen LogP contribution is -2.45. The molecule has 0 fully saturated rings. The maximum absolute atomic E-state index is 13.2. The second-order valence-electron chi connectivity index (χ2n) is 6.89. The lowest BCUT2D eigenvalue weighted by molar-refractivity contribution is -0.117. The average Bonchev–Trinajstić information content (AvgIpc) is 2.75. The summed E-state index contributed by atoms with van der Waals surface area (Å²) in [5.74, 6) is -0.377. The van der Waals surface area contributed by atoms with Gasteiger partial charge in [-0.3, -0.25) is 4.79 Å². The van der Waals surface area contributed by atoms with Crippen molar-refractivity contribution in [2.75, 3.05) is 11.9 Å². The maximum Gasteiger partial charge on any atom is 0.245 e. The Balaban J connectivity index is 1.92. The first-order valence-corrected chi connectivity index (χ1v) is 12.1. The van der Waals surface area contributed by atoms with Crippen molar-refractivity contribution in [3.8, 4) is 5.75 Å². The Morgan fingerprint density at radius 3 is 2.38 bits per heavy atom. The number of carbonyl (C=O) groups excluding carboxylic acids is 1. The number of sulfonamides is 1. The highest BCUT2D eigenvalue weighted by Gasteiger charge is 2.28. The third-order valence-electron chi connectivity index (χ3n) is 4.48. The third-order valence-corrected chi connectivity index (χ3v) is 6.45. The standard InChI is InChI=1S/C23H22Cl2N2O4S/c1-2-31-21-12-11-18(25)15-22(21)32(29,30)27-20(13-16-7-4-3-5-8-16)23(28)26-19-10-6-9-17(24)14-19/h3-12,14-15,20,27H,2,13H2,1H3,(H,26,28). The second kappa shape index (κ2) is 10.8. The van der Waals surface area contributed by atoms with Gasteiger partial charge in [-0.2, -0.15) is 4.72 Å². The van der Waals surface area contributed by atoms with Gasteiger partial charge in [0.2, 0.25) is 15.9 Å². The van der Waals surface area contributed by atoms with Gasteiger partial charge in [0, 0.05) is 15.7 Å². The zero-order valence-corrected chi connectivity index (χ0v) is 19.5. The first-order valence-electron chi connectivity index (χ1n) is 9.83. The maximum atomic E-state index is 13.2. The van der Waals surface area contributed by atoms with Gasteiger partial charge in [-0.15, -0.1) is 0 Å². The van der Waals surface area contributed by atoms with Crippen molar-refractivity contribution < 1.29 is 17.9 Å². The molecule has 2 N–H and O–H groups in total. The van der Waals surface area contributed by atoms with Gasteiger partial charge in [0.25, 0.3) is 0 Å². The van der Waals surface area contributed by atoms with Crippen LogP contribution in [0.3, 0.4) is 0 Å². The van der Waals surface area contributed by atoms with Crippen molar-refractivity contribution in [1.82, 2.24) is 4.72 Å². The van der Waals surface area contributed by atoms with E-state index < -0.39 is 22.0 Å². The highest BCUT2D eigenvalue weighted by molar-refractivity contribution is 7.89. The van der Waals surface area contributed by atoms with Gasteiger partial charge in [-0.05, 0) is 55.3 Å². The Hall–Kier alpha value is -2.58. The van der Waals surface area contributed by atoms with Crippen LogP contribution in [-0.2, 0) is 21.2 Å². The summed E-state index contributed by atoms with van der Waals surface area (Å²) < 4.78 is 34.4. The van der Waals surface area contributed by atoms with Crippen LogP contribution in [0.1, 0.15) is 12.5 Å². The van der Waals surface area contributed by atoms with E-state index in [0.717, 1.165) is 5.56 Å². The van der Waals surface area contributed by atoms with E-state index >= 15 is 0 Å². The van der Waals surface area contributed by atoms with Crippen molar-refractivity contribution in [2.24, 2.45) is 0 Å². The number of anilines is 1. The summed E-state index contributed by atoms with van der Waals surface area (Å²) in [4.78, 5) is 12.9. The fraction of sp³-hybridized carbons (Fsp3) is 0.174. The van der Waals surface area contributed by atoms with Crippen LogP contribution in [0, 0.1) is 0 Å². The van der Waals surface area contributed by atoms with Gasteiger partial charge >= 0.3 is 0 Å². The van der Waals surface area contributed by atoms with Gasteiger partial charge < -0.3 is 10.1 Å². The molecule has 32 heavy (non-hydrogen) atoms. The summed E-state index contributed by atoms with van der Waals surface area (Å²) >= 11 is 12.0. The van der Waals surface area contributed by atoms with Gasteiger partial charge in [-0.1, -0.05) is 59.6 Å². The van der Waals surface area contributed by atoms with Crippen molar-refractivity contribution in [3.05, 3.63) is 88.4 Å². The Morgan fingerprint density at radius 1 is 0.969 bits per heavy atom. The van der Waals surface area contributed by atoms with Crippen LogP contribution >= 0.6 is 23.2 Å². The number of hydrogen-bond acceptors (Lipinski definition) is 4. The molecule has 0 radical (unpaired) electrons. The Bertz CT molecular complexity index is 1190. The molecular formula is C23H22Cl2N2O4S. The largest absolute Gasteiger partial charge is 0.492 e. The second-order valence-corrected chi connectivity index (χ2v) is 9.44. The predicted molar refractivity (Wildman–Crippen MR) is 127 cm³/mol. The molecule has 168 valence electrons. The Labute approximate surface area is 197 Å². The van der Waals surface area contributed by atoms with E-state index in [2.05, 4.69) is 10.0 Å². The van der Waals surface area contributed by atoms with Crippen LogP contribution in [0.5, 0.6) is 5.75 Å². The molecule has 1 atom stereocenters. The summed E-state index contributed by atoms with van der Waals surface area (Å²) in [7, 11) is -4.15. The minimum absolute atomic E-state index is 0.136. The molecule has 0 aromatic heterocycles. The molecule has 9 heteroatoms. The number of benzene rings is 3. The first-order chi connectivity index (χ1) is 15.3. The van der Waals surface area contributed by atoms with Crippen LogP contribution in [0.25, 0.3) is 0 Å². The minimum Gasteiger partial charge on any atom is -0.492 e. The highest BCUT2D eigenvalue weighted by atomic mass is 35.5. The first kappa shape index (κ1) is 24.1. The predicted octanol–water partition coefficient (Wildman–Crippen LogP) is 4.92. The fourth-order valence-corrected chi connectivity index (χ4v) is 4.84. The Kier molecular flexibility index (Phi) is 8.15. The fourth-order valence-electron chi connectivity index (χ4n) is 3.05. The molecule has 0 aliphatic rings. The van der Waals surface area contributed by atoms with Crippen LogP contribution in [0.4, 0.5) is 5.69 Å². The molecule has 0 bridgehead atoms. The number of hydrogen-bond donors (Lipinski definition) is 2. The van der Waals surface area contributed by atoms with Crippen molar-refractivity contribution in [3.63, 3.8) is 0 Å². The summed E-state index contributed by atoms with van der Waals surface area (Å²) in [5, 5.41) is 3.40. The minimum atomic E-state index is -4.15. The van der Waals surface area contributed by atoms with E-state index in [1.807, 2.05) is 30.3 Å². The van der Waals surface area contributed by atoms with Crippen LogP contribution in [-0.4, -0.2) is 27.0 Å². The molecule has 0 aliphatic carbocycles. The van der Waals surface area contributed by atoms with Gasteiger partial charge in [-0.25, -0.2) is 8.42 Å².